The highest BCUT2D eigenvalue weighted by Crippen LogP contribution is 2.34. The molecule has 0 spiro atoms. The molecule has 1 aliphatic heterocycles. The molecule has 32 heavy (non-hydrogen) atoms. The Balaban J connectivity index is 1.50. The fraction of sp³-hybridized carbons (Fsp3) is 0.520. The van der Waals surface area contributed by atoms with Crippen LogP contribution in [0.1, 0.15) is 56.0 Å². The Kier molecular flexibility index (Phi) is 7.13. The van der Waals surface area contributed by atoms with Gasteiger partial charge in [0.05, 0.1) is 6.04 Å². The molecule has 1 atom stereocenters. The first-order valence-corrected chi connectivity index (χ1v) is 12.4. The van der Waals surface area contributed by atoms with Crippen molar-refractivity contribution in [2.24, 2.45) is 5.92 Å². The topological polar surface area (TPSA) is 49.9 Å². The molecule has 1 aromatic heterocycles. The average Bonchev–Trinajstić information content (AvgIpc) is 3.47. The Morgan fingerprint density at radius 2 is 2.03 bits per heavy atom. The molecule has 2 aliphatic rings. The molecule has 0 radical (unpaired) electrons. The Labute approximate surface area is 193 Å². The summed E-state index contributed by atoms with van der Waals surface area (Å²) in [5.74, 6) is 0.178. The van der Waals surface area contributed by atoms with Crippen molar-refractivity contribution in [1.29, 1.82) is 0 Å². The van der Waals surface area contributed by atoms with Crippen LogP contribution >= 0.6 is 11.3 Å². The average molecular weight is 459 g/mol. The van der Waals surface area contributed by atoms with E-state index in [0.29, 0.717) is 12.3 Å². The number of amides is 2. The number of benzene rings is 1. The molecule has 1 fully saturated rings. The Bertz CT molecular complexity index is 954. The summed E-state index contributed by atoms with van der Waals surface area (Å²) in [5, 5.41) is 2.04. The van der Waals surface area contributed by atoms with Crippen molar-refractivity contribution in [2.45, 2.75) is 58.0 Å². The van der Waals surface area contributed by atoms with Crippen LogP contribution in [0.2, 0.25) is 0 Å². The fourth-order valence-corrected chi connectivity index (χ4v) is 5.69. The van der Waals surface area contributed by atoms with Crippen molar-refractivity contribution in [1.82, 2.24) is 9.80 Å². The number of halogens is 1. The predicted molar refractivity (Wildman–Crippen MR) is 123 cm³/mol. The molecule has 5 nitrogen and oxygen atoms in total. The molecule has 0 saturated heterocycles. The van der Waals surface area contributed by atoms with Gasteiger partial charge in [0.15, 0.2) is 0 Å². The van der Waals surface area contributed by atoms with Gasteiger partial charge in [-0.1, -0.05) is 18.9 Å². The van der Waals surface area contributed by atoms with Crippen LogP contribution in [0.4, 0.5) is 4.39 Å². The minimum Gasteiger partial charge on any atom is -0.491 e. The minimum atomic E-state index is -0.353. The monoisotopic (exact) mass is 458 g/mol. The standard InChI is InChI=1S/C25H31FN2O3S/c1-17(2)28(25(30)18-6-3-4-7-18)15-24(29)27-12-10-23-21(11-13-32-23)22(27)16-31-20-9-5-8-19(26)14-20/h5,8-9,11,13-14,17-18,22H,3-4,6-7,10,12,15-16H2,1-2H3/t22-/m0/s1. The molecular weight excluding hydrogens is 427 g/mol. The van der Waals surface area contributed by atoms with E-state index >= 15 is 0 Å². The molecule has 172 valence electrons. The zero-order valence-electron chi connectivity index (χ0n) is 18.8. The molecule has 0 unspecified atom stereocenters. The molecule has 0 N–H and O–H groups in total. The third kappa shape index (κ3) is 4.98. The van der Waals surface area contributed by atoms with E-state index in [0.717, 1.165) is 37.7 Å². The van der Waals surface area contributed by atoms with E-state index in [1.54, 1.807) is 28.4 Å². The van der Waals surface area contributed by atoms with E-state index in [1.807, 2.05) is 30.2 Å². The summed E-state index contributed by atoms with van der Waals surface area (Å²) >= 11 is 1.69. The first-order chi connectivity index (χ1) is 15.4. The quantitative estimate of drug-likeness (QED) is 0.598. The number of ether oxygens (including phenoxy) is 1. The minimum absolute atomic E-state index is 0.0319. The molecule has 2 amide bonds. The Morgan fingerprint density at radius 1 is 1.25 bits per heavy atom. The molecule has 0 bridgehead atoms. The summed E-state index contributed by atoms with van der Waals surface area (Å²) in [6.45, 7) is 4.86. The molecule has 1 aromatic carbocycles. The van der Waals surface area contributed by atoms with E-state index in [1.165, 1.54) is 17.0 Å². The van der Waals surface area contributed by atoms with Crippen molar-refractivity contribution in [3.05, 3.63) is 52.0 Å². The number of nitrogens with zero attached hydrogens (tertiary/aromatic N) is 2. The maximum absolute atomic E-state index is 13.6. The van der Waals surface area contributed by atoms with E-state index in [4.69, 9.17) is 4.74 Å². The Hall–Kier alpha value is -2.41. The lowest BCUT2D eigenvalue weighted by molar-refractivity contribution is -0.146. The second kappa shape index (κ2) is 10.0. The third-order valence-corrected chi connectivity index (χ3v) is 7.53. The normalized spacial score (nSPS) is 18.6. The van der Waals surface area contributed by atoms with Crippen molar-refractivity contribution in [3.8, 4) is 5.75 Å². The SMILES string of the molecule is CC(C)N(CC(=O)N1CCc2sccc2[C@@H]1COc1cccc(F)c1)C(=O)C1CCCC1. The number of thiophene rings is 1. The van der Waals surface area contributed by atoms with Crippen LogP contribution in [0.3, 0.4) is 0 Å². The molecule has 1 saturated carbocycles. The zero-order valence-corrected chi connectivity index (χ0v) is 19.6. The summed E-state index contributed by atoms with van der Waals surface area (Å²) in [5.41, 5.74) is 1.09. The number of carbonyl (C=O) groups is 2. The van der Waals surface area contributed by atoms with Gasteiger partial charge in [-0.15, -0.1) is 11.3 Å². The van der Waals surface area contributed by atoms with E-state index in [9.17, 15) is 14.0 Å². The molecule has 1 aliphatic carbocycles. The van der Waals surface area contributed by atoms with Gasteiger partial charge in [-0.05, 0) is 62.3 Å². The summed E-state index contributed by atoms with van der Waals surface area (Å²) in [6.07, 6.45) is 4.81. The molecular formula is C25H31FN2O3S. The first kappa shape index (κ1) is 22.8. The maximum atomic E-state index is 13.6. The van der Waals surface area contributed by atoms with E-state index in [2.05, 4.69) is 0 Å². The van der Waals surface area contributed by atoms with Gasteiger partial charge < -0.3 is 14.5 Å². The highest BCUT2D eigenvalue weighted by Gasteiger charge is 2.35. The summed E-state index contributed by atoms with van der Waals surface area (Å²) in [7, 11) is 0. The lowest BCUT2D eigenvalue weighted by Gasteiger charge is -2.38. The van der Waals surface area contributed by atoms with Gasteiger partial charge in [0.1, 0.15) is 24.7 Å². The highest BCUT2D eigenvalue weighted by molar-refractivity contribution is 7.10. The number of hydrogen-bond donors (Lipinski definition) is 0. The molecule has 4 rings (SSSR count). The van der Waals surface area contributed by atoms with Gasteiger partial charge in [-0.2, -0.15) is 0 Å². The van der Waals surface area contributed by atoms with Crippen molar-refractivity contribution in [3.63, 3.8) is 0 Å². The zero-order chi connectivity index (χ0) is 22.7. The molecule has 7 heteroatoms. The van der Waals surface area contributed by atoms with Crippen LogP contribution in [0.25, 0.3) is 0 Å². The van der Waals surface area contributed by atoms with Crippen LogP contribution in [0, 0.1) is 11.7 Å². The van der Waals surface area contributed by atoms with E-state index in [-0.39, 0.29) is 48.8 Å². The van der Waals surface area contributed by atoms with Gasteiger partial charge in [-0.3, -0.25) is 9.59 Å². The second-order valence-electron chi connectivity index (χ2n) is 8.96. The predicted octanol–water partition coefficient (Wildman–Crippen LogP) is 4.82. The van der Waals surface area contributed by atoms with Crippen LogP contribution in [0.15, 0.2) is 35.7 Å². The van der Waals surface area contributed by atoms with Gasteiger partial charge in [-0.25, -0.2) is 4.39 Å². The van der Waals surface area contributed by atoms with Gasteiger partial charge in [0.2, 0.25) is 11.8 Å². The lowest BCUT2D eigenvalue weighted by Crippen LogP contribution is -2.50. The number of rotatable bonds is 7. The first-order valence-electron chi connectivity index (χ1n) is 11.5. The van der Waals surface area contributed by atoms with Gasteiger partial charge in [0.25, 0.3) is 0 Å². The van der Waals surface area contributed by atoms with Crippen molar-refractivity contribution < 1.29 is 18.7 Å². The summed E-state index contributed by atoms with van der Waals surface area (Å²) in [6, 6.07) is 7.81. The van der Waals surface area contributed by atoms with Crippen LogP contribution < -0.4 is 4.74 Å². The third-order valence-electron chi connectivity index (χ3n) is 6.54. The number of fused-ring (bicyclic) bond motifs is 1. The number of hydrogen-bond acceptors (Lipinski definition) is 4. The van der Waals surface area contributed by atoms with E-state index < -0.39 is 0 Å². The van der Waals surface area contributed by atoms with Crippen LogP contribution in [-0.4, -0.2) is 47.4 Å². The summed E-state index contributed by atoms with van der Waals surface area (Å²) in [4.78, 5) is 31.4. The van der Waals surface area contributed by atoms with Gasteiger partial charge >= 0.3 is 0 Å². The molecule has 2 aromatic rings. The Morgan fingerprint density at radius 3 is 2.75 bits per heavy atom. The fourth-order valence-electron chi connectivity index (χ4n) is 4.77. The highest BCUT2D eigenvalue weighted by atomic mass is 32.1. The van der Waals surface area contributed by atoms with Crippen LogP contribution in [-0.2, 0) is 16.0 Å². The second-order valence-corrected chi connectivity index (χ2v) is 9.96. The van der Waals surface area contributed by atoms with Crippen molar-refractivity contribution >= 4 is 23.2 Å². The molecule has 2 heterocycles. The maximum Gasteiger partial charge on any atom is 0.242 e. The lowest BCUT2D eigenvalue weighted by atomic mass is 10.00. The largest absolute Gasteiger partial charge is 0.491 e. The van der Waals surface area contributed by atoms with Crippen molar-refractivity contribution in [2.75, 3.05) is 19.7 Å². The smallest absolute Gasteiger partial charge is 0.242 e. The van der Waals surface area contributed by atoms with Crippen LogP contribution in [0.5, 0.6) is 5.75 Å². The van der Waals surface area contributed by atoms with Gasteiger partial charge in [0, 0.05) is 29.4 Å². The summed E-state index contributed by atoms with van der Waals surface area (Å²) < 4.78 is 19.5. The number of carbonyl (C=O) groups excluding carboxylic acids is 2.